The molecule has 1 saturated heterocycles. The summed E-state index contributed by atoms with van der Waals surface area (Å²) in [5.74, 6) is 0.853. The lowest BCUT2D eigenvalue weighted by Gasteiger charge is -2.35. The van der Waals surface area contributed by atoms with E-state index < -0.39 is 6.04 Å². The van der Waals surface area contributed by atoms with Gasteiger partial charge in [0.15, 0.2) is 0 Å². The van der Waals surface area contributed by atoms with E-state index in [1.807, 2.05) is 17.5 Å². The van der Waals surface area contributed by atoms with Gasteiger partial charge in [0.25, 0.3) is 0 Å². The number of amides is 1. The van der Waals surface area contributed by atoms with Crippen molar-refractivity contribution in [1.29, 1.82) is 0 Å². The van der Waals surface area contributed by atoms with Crippen molar-refractivity contribution in [3.05, 3.63) is 22.4 Å². The molecule has 1 amide bonds. The third-order valence-electron chi connectivity index (χ3n) is 4.89. The maximum atomic E-state index is 12.7. The first-order valence-corrected chi connectivity index (χ1v) is 8.75. The first-order chi connectivity index (χ1) is 9.77. The third kappa shape index (κ3) is 2.77. The van der Waals surface area contributed by atoms with Gasteiger partial charge >= 0.3 is 0 Å². The van der Waals surface area contributed by atoms with Gasteiger partial charge in [-0.25, -0.2) is 0 Å². The Balaban J connectivity index is 1.69. The summed E-state index contributed by atoms with van der Waals surface area (Å²) in [5, 5.41) is 1.99. The van der Waals surface area contributed by atoms with Crippen LogP contribution in [0.1, 0.15) is 55.9 Å². The highest BCUT2D eigenvalue weighted by Gasteiger charge is 2.37. The second kappa shape index (κ2) is 6.27. The van der Waals surface area contributed by atoms with Crippen LogP contribution in [0.25, 0.3) is 0 Å². The molecule has 0 bridgehead atoms. The molecule has 1 aromatic rings. The van der Waals surface area contributed by atoms with E-state index in [1.54, 1.807) is 11.3 Å². The lowest BCUT2D eigenvalue weighted by Crippen LogP contribution is -2.44. The molecule has 1 aliphatic heterocycles. The summed E-state index contributed by atoms with van der Waals surface area (Å²) in [6.07, 6.45) is 8.94. The number of carbonyl (C=O) groups is 1. The normalized spacial score (nSPS) is 25.9. The second-order valence-electron chi connectivity index (χ2n) is 6.13. The standard InChI is InChI=1S/C16H24N2OS/c17-15(14-9-5-11-20-14)16(19)18-10-4-8-13(18)12-6-2-1-3-7-12/h5,9,11-13,15H,1-4,6-8,10,17H2. The number of likely N-dealkylation sites (tertiary alicyclic amines) is 1. The summed E-state index contributed by atoms with van der Waals surface area (Å²) in [4.78, 5) is 15.8. The van der Waals surface area contributed by atoms with Gasteiger partial charge in [-0.1, -0.05) is 25.3 Å². The molecule has 2 fully saturated rings. The van der Waals surface area contributed by atoms with E-state index in [9.17, 15) is 4.79 Å². The van der Waals surface area contributed by atoms with Crippen molar-refractivity contribution in [3.8, 4) is 0 Å². The van der Waals surface area contributed by atoms with Gasteiger partial charge in [0, 0.05) is 17.5 Å². The zero-order valence-corrected chi connectivity index (χ0v) is 12.8. The molecule has 3 rings (SSSR count). The fourth-order valence-electron chi connectivity index (χ4n) is 3.84. The molecular weight excluding hydrogens is 268 g/mol. The SMILES string of the molecule is NC(C(=O)N1CCCC1C1CCCCC1)c1cccs1. The van der Waals surface area contributed by atoms with Crippen LogP contribution >= 0.6 is 11.3 Å². The van der Waals surface area contributed by atoms with Crippen molar-refractivity contribution < 1.29 is 4.79 Å². The van der Waals surface area contributed by atoms with Crippen molar-refractivity contribution in [2.75, 3.05) is 6.54 Å². The Hall–Kier alpha value is -0.870. The highest BCUT2D eigenvalue weighted by atomic mass is 32.1. The van der Waals surface area contributed by atoms with Gasteiger partial charge < -0.3 is 10.6 Å². The first-order valence-electron chi connectivity index (χ1n) is 7.87. The number of nitrogens with zero attached hydrogens (tertiary/aromatic N) is 1. The molecule has 2 unspecified atom stereocenters. The quantitative estimate of drug-likeness (QED) is 0.929. The zero-order chi connectivity index (χ0) is 13.9. The monoisotopic (exact) mass is 292 g/mol. The van der Waals surface area contributed by atoms with Crippen molar-refractivity contribution >= 4 is 17.2 Å². The van der Waals surface area contributed by atoms with Crippen LogP contribution in [-0.2, 0) is 4.79 Å². The average molecular weight is 292 g/mol. The van der Waals surface area contributed by atoms with Crippen molar-refractivity contribution in [1.82, 2.24) is 4.90 Å². The van der Waals surface area contributed by atoms with E-state index in [4.69, 9.17) is 5.73 Å². The molecule has 2 atom stereocenters. The van der Waals surface area contributed by atoms with Crippen molar-refractivity contribution in [2.24, 2.45) is 11.7 Å². The lowest BCUT2D eigenvalue weighted by atomic mass is 9.83. The summed E-state index contributed by atoms with van der Waals surface area (Å²) in [6, 6.07) is 3.93. The van der Waals surface area contributed by atoms with Crippen molar-refractivity contribution in [2.45, 2.75) is 57.0 Å². The Morgan fingerprint density at radius 1 is 1.25 bits per heavy atom. The summed E-state index contributed by atoms with van der Waals surface area (Å²) in [7, 11) is 0. The predicted octanol–water partition coefficient (Wildman–Crippen LogP) is 3.32. The molecular formula is C16H24N2OS. The maximum Gasteiger partial charge on any atom is 0.245 e. The van der Waals surface area contributed by atoms with Crippen LogP contribution in [-0.4, -0.2) is 23.4 Å². The number of thiophene rings is 1. The highest BCUT2D eigenvalue weighted by molar-refractivity contribution is 7.10. The lowest BCUT2D eigenvalue weighted by molar-refractivity contribution is -0.134. The summed E-state index contributed by atoms with van der Waals surface area (Å²) in [5.41, 5.74) is 6.17. The third-order valence-corrected chi connectivity index (χ3v) is 5.85. The molecule has 0 aromatic carbocycles. The molecule has 20 heavy (non-hydrogen) atoms. The van der Waals surface area contributed by atoms with Gasteiger partial charge in [0.2, 0.25) is 5.91 Å². The van der Waals surface area contributed by atoms with Crippen LogP contribution in [0.4, 0.5) is 0 Å². The number of carbonyl (C=O) groups excluding carboxylic acids is 1. The molecule has 1 aromatic heterocycles. The summed E-state index contributed by atoms with van der Waals surface area (Å²) in [6.45, 7) is 0.902. The molecule has 1 saturated carbocycles. The van der Waals surface area contributed by atoms with Gasteiger partial charge in [-0.15, -0.1) is 11.3 Å². The molecule has 4 heteroatoms. The fraction of sp³-hybridized carbons (Fsp3) is 0.688. The Morgan fingerprint density at radius 3 is 2.75 bits per heavy atom. The molecule has 1 aliphatic carbocycles. The molecule has 0 radical (unpaired) electrons. The van der Waals surface area contributed by atoms with Crippen LogP contribution in [0.3, 0.4) is 0 Å². The minimum Gasteiger partial charge on any atom is -0.338 e. The van der Waals surface area contributed by atoms with E-state index in [0.29, 0.717) is 12.0 Å². The second-order valence-corrected chi connectivity index (χ2v) is 7.11. The van der Waals surface area contributed by atoms with Gasteiger partial charge in [-0.2, -0.15) is 0 Å². The van der Waals surface area contributed by atoms with Gasteiger partial charge in [-0.3, -0.25) is 4.79 Å². The number of hydrogen-bond acceptors (Lipinski definition) is 3. The smallest absolute Gasteiger partial charge is 0.245 e. The zero-order valence-electron chi connectivity index (χ0n) is 12.0. The molecule has 2 heterocycles. The largest absolute Gasteiger partial charge is 0.338 e. The van der Waals surface area contributed by atoms with Gasteiger partial charge in [-0.05, 0) is 43.0 Å². The van der Waals surface area contributed by atoms with E-state index in [1.165, 1.54) is 38.5 Å². The minimum atomic E-state index is -0.459. The number of nitrogens with two attached hydrogens (primary N) is 1. The van der Waals surface area contributed by atoms with E-state index in [2.05, 4.69) is 4.90 Å². The molecule has 3 nitrogen and oxygen atoms in total. The topological polar surface area (TPSA) is 46.3 Å². The number of hydrogen-bond donors (Lipinski definition) is 1. The average Bonchev–Trinajstić information content (AvgIpc) is 3.17. The van der Waals surface area contributed by atoms with Crippen LogP contribution < -0.4 is 5.73 Å². The van der Waals surface area contributed by atoms with E-state index >= 15 is 0 Å². The molecule has 0 spiro atoms. The summed E-state index contributed by atoms with van der Waals surface area (Å²) >= 11 is 1.58. The van der Waals surface area contributed by atoms with Gasteiger partial charge in [0.1, 0.15) is 6.04 Å². The highest BCUT2D eigenvalue weighted by Crippen LogP contribution is 2.35. The fourth-order valence-corrected chi connectivity index (χ4v) is 4.56. The first kappa shape index (κ1) is 14.1. The van der Waals surface area contributed by atoms with Crippen LogP contribution in [0.15, 0.2) is 17.5 Å². The Kier molecular flexibility index (Phi) is 4.41. The van der Waals surface area contributed by atoms with Crippen molar-refractivity contribution in [3.63, 3.8) is 0 Å². The van der Waals surface area contributed by atoms with E-state index in [0.717, 1.165) is 17.8 Å². The molecule has 2 N–H and O–H groups in total. The Bertz CT molecular complexity index is 439. The van der Waals surface area contributed by atoms with E-state index in [-0.39, 0.29) is 5.91 Å². The number of rotatable bonds is 3. The molecule has 110 valence electrons. The summed E-state index contributed by atoms with van der Waals surface area (Å²) < 4.78 is 0. The Labute approximate surface area is 125 Å². The van der Waals surface area contributed by atoms with Crippen LogP contribution in [0, 0.1) is 5.92 Å². The van der Waals surface area contributed by atoms with Crippen LogP contribution in [0.2, 0.25) is 0 Å². The Morgan fingerprint density at radius 2 is 2.05 bits per heavy atom. The van der Waals surface area contributed by atoms with Gasteiger partial charge in [0.05, 0.1) is 0 Å². The minimum absolute atomic E-state index is 0.139. The maximum absolute atomic E-state index is 12.7. The molecule has 2 aliphatic rings. The predicted molar refractivity (Wildman–Crippen MR) is 82.6 cm³/mol. The van der Waals surface area contributed by atoms with Crippen LogP contribution in [0.5, 0.6) is 0 Å².